The molecule has 3 aromatic heterocycles. The van der Waals surface area contributed by atoms with E-state index in [-0.39, 0.29) is 11.0 Å². The van der Waals surface area contributed by atoms with Gasteiger partial charge in [-0.1, -0.05) is 52.3 Å². The van der Waals surface area contributed by atoms with E-state index in [0.29, 0.717) is 0 Å². The van der Waals surface area contributed by atoms with Crippen LogP contribution in [0.5, 0.6) is 0 Å². The van der Waals surface area contributed by atoms with Crippen LogP contribution in [0.1, 0.15) is 70.7 Å². The van der Waals surface area contributed by atoms with Gasteiger partial charge < -0.3 is 0 Å². The van der Waals surface area contributed by atoms with Crippen molar-refractivity contribution in [2.75, 3.05) is 0 Å². The Hall–Kier alpha value is -2.39. The molecule has 0 fully saturated rings. The third kappa shape index (κ3) is 2.33. The van der Waals surface area contributed by atoms with E-state index in [0.717, 1.165) is 12.8 Å². The third-order valence-electron chi connectivity index (χ3n) is 8.78. The first kappa shape index (κ1) is 20.2. The molecule has 0 N–H and O–H groups in total. The second-order valence-corrected chi connectivity index (χ2v) is 11.3. The first-order chi connectivity index (χ1) is 15.5. The number of imidazole rings is 1. The molecule has 6 rings (SSSR count). The van der Waals surface area contributed by atoms with Gasteiger partial charge in [-0.15, -0.1) is 11.3 Å². The number of fused-ring (bicyclic) bond motifs is 4. The van der Waals surface area contributed by atoms with Crippen molar-refractivity contribution < 1.29 is 4.57 Å². The SMILES string of the molecule is CCCCc1cc2cc3c(cc2s1)n1ccc2cccc4c2c1[n+]3C(C)(CC)C4(C)CC. The fourth-order valence-corrected chi connectivity index (χ4v) is 7.53. The monoisotopic (exact) mass is 441 g/mol. The van der Waals surface area contributed by atoms with Crippen molar-refractivity contribution >= 4 is 48.9 Å². The van der Waals surface area contributed by atoms with Crippen LogP contribution in [-0.4, -0.2) is 4.40 Å². The number of rotatable bonds is 5. The highest BCUT2D eigenvalue weighted by molar-refractivity contribution is 7.19. The lowest BCUT2D eigenvalue weighted by atomic mass is 9.62. The van der Waals surface area contributed by atoms with E-state index in [1.807, 2.05) is 11.3 Å². The summed E-state index contributed by atoms with van der Waals surface area (Å²) in [7, 11) is 0. The van der Waals surface area contributed by atoms with E-state index in [2.05, 4.69) is 92.2 Å². The van der Waals surface area contributed by atoms with Crippen molar-refractivity contribution in [2.45, 2.75) is 77.7 Å². The summed E-state index contributed by atoms with van der Waals surface area (Å²) in [5.41, 5.74) is 5.68. The number of nitrogens with zero attached hydrogens (tertiary/aromatic N) is 2. The first-order valence-electron chi connectivity index (χ1n) is 12.3. The minimum Gasteiger partial charge on any atom is -0.216 e. The minimum absolute atomic E-state index is 0.00608. The molecule has 4 heterocycles. The number of aryl methyl sites for hydroxylation is 1. The summed E-state index contributed by atoms with van der Waals surface area (Å²) < 4.78 is 6.60. The molecule has 1 aliphatic heterocycles. The molecule has 2 unspecified atom stereocenters. The molecule has 32 heavy (non-hydrogen) atoms. The topological polar surface area (TPSA) is 8.29 Å². The predicted molar refractivity (Wildman–Crippen MR) is 138 cm³/mol. The van der Waals surface area contributed by atoms with Crippen LogP contribution in [0.3, 0.4) is 0 Å². The summed E-state index contributed by atoms with van der Waals surface area (Å²) >= 11 is 1.98. The maximum atomic E-state index is 2.71. The van der Waals surface area contributed by atoms with Gasteiger partial charge in [-0.25, -0.2) is 4.57 Å². The lowest BCUT2D eigenvalue weighted by Gasteiger charge is -2.46. The van der Waals surface area contributed by atoms with Gasteiger partial charge >= 0.3 is 0 Å². The minimum atomic E-state index is 0.00608. The van der Waals surface area contributed by atoms with E-state index in [1.165, 1.54) is 67.2 Å². The highest BCUT2D eigenvalue weighted by Crippen LogP contribution is 2.50. The number of unbranched alkanes of at least 4 members (excludes halogenated alkanes) is 1. The van der Waals surface area contributed by atoms with Crippen molar-refractivity contribution in [3.05, 3.63) is 59.1 Å². The number of thiophene rings is 1. The molecule has 3 heteroatoms. The number of benzene rings is 2. The quantitative estimate of drug-likeness (QED) is 0.245. The maximum Gasteiger partial charge on any atom is 0.295 e. The fraction of sp³-hybridized carbons (Fsp3) is 0.414. The molecule has 0 saturated heterocycles. The molecule has 0 radical (unpaired) electrons. The van der Waals surface area contributed by atoms with Crippen molar-refractivity contribution in [3.8, 4) is 0 Å². The molecule has 164 valence electrons. The molecule has 2 atom stereocenters. The zero-order valence-electron chi connectivity index (χ0n) is 20.0. The Kier molecular flexibility index (Phi) is 4.30. The van der Waals surface area contributed by atoms with E-state index >= 15 is 0 Å². The summed E-state index contributed by atoms with van der Waals surface area (Å²) in [5.74, 6) is 0. The van der Waals surface area contributed by atoms with E-state index in [1.54, 1.807) is 0 Å². The molecule has 1 aliphatic rings. The van der Waals surface area contributed by atoms with E-state index < -0.39 is 0 Å². The van der Waals surface area contributed by atoms with Gasteiger partial charge in [0, 0.05) is 21.1 Å². The van der Waals surface area contributed by atoms with Gasteiger partial charge in [0.25, 0.3) is 5.65 Å². The molecule has 5 aromatic rings. The third-order valence-corrected chi connectivity index (χ3v) is 9.94. The van der Waals surface area contributed by atoms with Gasteiger partial charge in [0.05, 0.1) is 11.6 Å². The second-order valence-electron chi connectivity index (χ2n) is 10.1. The number of pyridine rings is 1. The van der Waals surface area contributed by atoms with E-state index in [9.17, 15) is 0 Å². The standard InChI is InChI=1S/C29H33N2S/c1-6-9-12-21-16-20-17-24-23(18-25(20)32-21)30-15-14-19-11-10-13-22-26(19)27(30)31(24)29(5,8-3)28(22,4)7-2/h10-11,13-18H,6-9,12H2,1-5H3/q+1. The molecule has 0 saturated carbocycles. The van der Waals surface area contributed by atoms with Gasteiger partial charge in [-0.3, -0.25) is 0 Å². The van der Waals surface area contributed by atoms with Gasteiger partial charge in [0.1, 0.15) is 5.54 Å². The average molecular weight is 442 g/mol. The molecule has 2 aromatic carbocycles. The van der Waals surface area contributed by atoms with Crippen molar-refractivity contribution in [1.82, 2.24) is 4.40 Å². The van der Waals surface area contributed by atoms with Gasteiger partial charge in [-0.2, -0.15) is 4.40 Å². The zero-order chi connectivity index (χ0) is 22.3. The normalized spacial score (nSPS) is 22.8. The molecule has 0 aliphatic carbocycles. The van der Waals surface area contributed by atoms with Crippen LogP contribution in [-0.2, 0) is 17.4 Å². The molecule has 0 bridgehead atoms. The largest absolute Gasteiger partial charge is 0.295 e. The lowest BCUT2D eigenvalue weighted by molar-refractivity contribution is -0.728. The van der Waals surface area contributed by atoms with Gasteiger partial charge in [0.2, 0.25) is 0 Å². The highest BCUT2D eigenvalue weighted by atomic mass is 32.1. The van der Waals surface area contributed by atoms with Gasteiger partial charge in [-0.05, 0) is 67.1 Å². The van der Waals surface area contributed by atoms with Crippen LogP contribution in [0.15, 0.2) is 48.7 Å². The van der Waals surface area contributed by atoms with Gasteiger partial charge in [0.15, 0.2) is 11.0 Å². The summed E-state index contributed by atoms with van der Waals surface area (Å²) in [6.07, 6.45) is 8.24. The summed E-state index contributed by atoms with van der Waals surface area (Å²) in [4.78, 5) is 1.52. The Morgan fingerprint density at radius 1 is 0.969 bits per heavy atom. The zero-order valence-corrected chi connectivity index (χ0v) is 20.8. The maximum absolute atomic E-state index is 2.71. The Bertz CT molecular complexity index is 1520. The van der Waals surface area contributed by atoms with Crippen LogP contribution in [0.4, 0.5) is 0 Å². The van der Waals surface area contributed by atoms with Crippen molar-refractivity contribution in [3.63, 3.8) is 0 Å². The molecule has 0 spiro atoms. The first-order valence-corrected chi connectivity index (χ1v) is 13.1. The number of aromatic nitrogens is 2. The van der Waals surface area contributed by atoms with Crippen LogP contribution in [0.2, 0.25) is 0 Å². The Balaban J connectivity index is 1.80. The van der Waals surface area contributed by atoms with Crippen molar-refractivity contribution in [1.29, 1.82) is 0 Å². The lowest BCUT2D eigenvalue weighted by Crippen LogP contribution is -2.66. The van der Waals surface area contributed by atoms with E-state index in [4.69, 9.17) is 0 Å². The molecular weight excluding hydrogens is 408 g/mol. The summed E-state index contributed by atoms with van der Waals surface area (Å²) in [6.45, 7) is 12.0. The molecule has 0 amide bonds. The Morgan fingerprint density at radius 3 is 2.56 bits per heavy atom. The molecular formula is C29H33N2S+. The van der Waals surface area contributed by atoms with Crippen LogP contribution < -0.4 is 4.57 Å². The molecule has 2 nitrogen and oxygen atoms in total. The summed E-state index contributed by atoms with van der Waals surface area (Å²) in [6, 6.07) is 16.6. The van der Waals surface area contributed by atoms with Crippen molar-refractivity contribution in [2.24, 2.45) is 0 Å². The predicted octanol–water partition coefficient (Wildman–Crippen LogP) is 7.90. The smallest absolute Gasteiger partial charge is 0.216 e. The highest BCUT2D eigenvalue weighted by Gasteiger charge is 2.54. The van der Waals surface area contributed by atoms with Crippen LogP contribution >= 0.6 is 11.3 Å². The fourth-order valence-electron chi connectivity index (χ4n) is 6.41. The number of hydrogen-bond donors (Lipinski definition) is 0. The second kappa shape index (κ2) is 6.81. The van der Waals surface area contributed by atoms with Crippen LogP contribution in [0, 0.1) is 0 Å². The summed E-state index contributed by atoms with van der Waals surface area (Å²) in [5, 5.41) is 4.20. The Labute approximate surface area is 194 Å². The number of hydrogen-bond acceptors (Lipinski definition) is 1. The Morgan fingerprint density at radius 2 is 1.81 bits per heavy atom. The average Bonchev–Trinajstić information content (AvgIpc) is 3.37. The van der Waals surface area contributed by atoms with Crippen LogP contribution in [0.25, 0.3) is 37.5 Å².